The summed E-state index contributed by atoms with van der Waals surface area (Å²) in [5.41, 5.74) is 12.5. The molecular formula is C58H44N2O2P8. The molecule has 70 heavy (non-hydrogen) atoms. The van der Waals surface area contributed by atoms with Crippen molar-refractivity contribution < 1.29 is 8.83 Å². The van der Waals surface area contributed by atoms with Crippen molar-refractivity contribution in [1.82, 2.24) is 9.97 Å². The first-order chi connectivity index (χ1) is 34.3. The van der Waals surface area contributed by atoms with Gasteiger partial charge >= 0.3 is 0 Å². The first-order valence-electron chi connectivity index (χ1n) is 22.7. The first-order valence-corrected chi connectivity index (χ1v) is 36.2. The number of benzene rings is 10. The Balaban J connectivity index is 0.000000583. The van der Waals surface area contributed by atoms with Gasteiger partial charge in [0.15, 0.2) is 5.82 Å². The van der Waals surface area contributed by atoms with Gasteiger partial charge in [-0.15, -0.1) is 44.6 Å². The molecule has 3 heterocycles. The molecule has 12 heteroatoms. The van der Waals surface area contributed by atoms with Gasteiger partial charge in [0.2, 0.25) is 0 Å². The summed E-state index contributed by atoms with van der Waals surface area (Å²) in [5, 5.41) is 11.8. The number of fused-ring (bicyclic) bond motifs is 12. The molecule has 0 N–H and O–H groups in total. The summed E-state index contributed by atoms with van der Waals surface area (Å²) in [6, 6.07) is 72.6. The second-order valence-corrected chi connectivity index (χ2v) is 45.2. The molecule has 3 aromatic heterocycles. The SMILES string of the molecule is PP(P)P(P)P(P)P.c1ccc(-c2cc(-c3cccc4oc5ccc(-c6cccc7oc8ccc(-c9ccc%10c%11ccccc%11c%11ccccc%11c%10c9)cc8c67)cc5c34)nc(-c3ccccc3)n2)cc1. The minimum atomic E-state index is 0.147. The second-order valence-electron chi connectivity index (χ2n) is 17.1. The summed E-state index contributed by atoms with van der Waals surface area (Å²) in [5.74, 6) is 0.677. The summed E-state index contributed by atoms with van der Waals surface area (Å²) >= 11 is 0. The Morgan fingerprint density at radius 3 is 1.31 bits per heavy atom. The molecule has 0 bridgehead atoms. The number of rotatable bonds is 7. The van der Waals surface area contributed by atoms with Crippen molar-refractivity contribution in [3.63, 3.8) is 0 Å². The van der Waals surface area contributed by atoms with Gasteiger partial charge in [0.1, 0.15) is 22.3 Å². The van der Waals surface area contributed by atoms with E-state index in [4.69, 9.17) is 18.8 Å². The number of nitrogens with zero attached hydrogens (tertiary/aromatic N) is 2. The van der Waals surface area contributed by atoms with Gasteiger partial charge in [0.25, 0.3) is 0 Å². The molecule has 0 saturated heterocycles. The number of hydrogen-bond acceptors (Lipinski definition) is 4. The van der Waals surface area contributed by atoms with Crippen molar-refractivity contribution >= 4 is 142 Å². The molecule has 0 aliphatic heterocycles. The molecule has 13 rings (SSSR count). The number of aromatic nitrogens is 2. The van der Waals surface area contributed by atoms with E-state index >= 15 is 0 Å². The third-order valence-corrected chi connectivity index (χ3v) is 50.8. The molecule has 0 aliphatic rings. The van der Waals surface area contributed by atoms with E-state index in [1.807, 2.05) is 48.5 Å². The average Bonchev–Trinajstić information content (AvgIpc) is 3.99. The minimum absolute atomic E-state index is 0.147. The van der Waals surface area contributed by atoms with Crippen LogP contribution in [0.5, 0.6) is 0 Å². The molecule has 5 unspecified atom stereocenters. The molecule has 0 saturated carbocycles. The molecule has 10 aromatic carbocycles. The van der Waals surface area contributed by atoms with Crippen LogP contribution in [0.25, 0.3) is 132 Å². The Morgan fingerprint density at radius 2 is 0.743 bits per heavy atom. The Labute approximate surface area is 420 Å². The fourth-order valence-electron chi connectivity index (χ4n) is 9.72. The van der Waals surface area contributed by atoms with E-state index in [1.54, 1.807) is 0 Å². The largest absolute Gasteiger partial charge is 0.456 e. The lowest BCUT2D eigenvalue weighted by Gasteiger charge is -2.18. The monoisotopic (exact) mass is 1050 g/mol. The van der Waals surface area contributed by atoms with E-state index in [9.17, 15) is 0 Å². The quantitative estimate of drug-likeness (QED) is 0.118. The Morgan fingerprint density at radius 1 is 0.300 bits per heavy atom. The predicted molar refractivity (Wildman–Crippen MR) is 326 cm³/mol. The Bertz CT molecular complexity index is 4020. The zero-order chi connectivity index (χ0) is 47.5. The smallest absolute Gasteiger partial charge is 0.160 e. The van der Waals surface area contributed by atoms with Crippen molar-refractivity contribution in [2.24, 2.45) is 0 Å². The molecule has 0 spiro atoms. The fourth-order valence-corrected chi connectivity index (χ4v) is 38.6. The Hall–Kier alpha value is -4.90. The van der Waals surface area contributed by atoms with E-state index in [1.165, 1.54) is 37.9 Å². The van der Waals surface area contributed by atoms with E-state index < -0.39 is 0 Å². The third-order valence-electron chi connectivity index (χ3n) is 13.0. The maximum absolute atomic E-state index is 6.56. The third kappa shape index (κ3) is 8.61. The highest BCUT2D eigenvalue weighted by Gasteiger charge is 2.20. The van der Waals surface area contributed by atoms with Gasteiger partial charge in [-0.25, -0.2) is 9.97 Å². The van der Waals surface area contributed by atoms with Gasteiger partial charge in [-0.2, -0.15) is 0 Å². The van der Waals surface area contributed by atoms with E-state index in [0.717, 1.165) is 88.6 Å². The van der Waals surface area contributed by atoms with E-state index in [-0.39, 0.29) is 21.0 Å². The summed E-state index contributed by atoms with van der Waals surface area (Å²) in [6.45, 7) is 0.494. The van der Waals surface area contributed by atoms with Gasteiger partial charge < -0.3 is 8.83 Å². The summed E-state index contributed by atoms with van der Waals surface area (Å²) in [4.78, 5) is 10.2. The highest BCUT2D eigenvalue weighted by molar-refractivity contribution is 9.06. The second kappa shape index (κ2) is 19.6. The molecule has 13 aromatic rings. The lowest BCUT2D eigenvalue weighted by molar-refractivity contribution is 0.669. The average molecular weight is 1050 g/mol. The van der Waals surface area contributed by atoms with Crippen molar-refractivity contribution in [1.29, 1.82) is 0 Å². The van der Waals surface area contributed by atoms with Gasteiger partial charge in [0, 0.05) is 38.2 Å². The minimum Gasteiger partial charge on any atom is -0.456 e. The lowest BCUT2D eigenvalue weighted by atomic mass is 9.91. The maximum atomic E-state index is 6.56. The van der Waals surface area contributed by atoms with Gasteiger partial charge in [-0.3, -0.25) is 0 Å². The van der Waals surface area contributed by atoms with Crippen LogP contribution in [0.3, 0.4) is 0 Å². The highest BCUT2D eigenvalue weighted by atomic mass is 33.1. The molecule has 0 amide bonds. The predicted octanol–water partition coefficient (Wildman–Crippen LogP) is 20.3. The Kier molecular flexibility index (Phi) is 12.9. The molecule has 338 valence electrons. The van der Waals surface area contributed by atoms with Gasteiger partial charge in [-0.1, -0.05) is 158 Å². The van der Waals surface area contributed by atoms with Crippen LogP contribution in [0.15, 0.2) is 215 Å². The van der Waals surface area contributed by atoms with E-state index in [0.29, 0.717) is 5.82 Å². The normalized spacial score (nSPS) is 11.9. The van der Waals surface area contributed by atoms with Gasteiger partial charge in [-0.05, 0) is 124 Å². The summed E-state index contributed by atoms with van der Waals surface area (Å²) < 4.78 is 13.1. The fraction of sp³-hybridized carbons (Fsp3) is 0. The molecule has 4 nitrogen and oxygen atoms in total. The lowest BCUT2D eigenvalue weighted by Crippen LogP contribution is -1.96. The van der Waals surface area contributed by atoms with Crippen LogP contribution in [0.2, 0.25) is 0 Å². The van der Waals surface area contributed by atoms with Crippen LogP contribution < -0.4 is 0 Å². The molecular weight excluding hydrogens is 1000 g/mol. The topological polar surface area (TPSA) is 52.1 Å². The van der Waals surface area contributed by atoms with Crippen LogP contribution in [-0.4, -0.2) is 9.97 Å². The van der Waals surface area contributed by atoms with E-state index in [2.05, 4.69) is 202 Å². The van der Waals surface area contributed by atoms with Gasteiger partial charge in [0.05, 0.1) is 11.4 Å². The van der Waals surface area contributed by atoms with Crippen LogP contribution in [0.1, 0.15) is 0 Å². The van der Waals surface area contributed by atoms with Crippen LogP contribution in [0, 0.1) is 0 Å². The summed E-state index contributed by atoms with van der Waals surface area (Å²) in [6.07, 6.45) is 0. The zero-order valence-electron chi connectivity index (χ0n) is 37.6. The standard InChI is InChI=1S/C58H34N2O2.H10P8/c1-3-13-35(14-4-1)50-34-51(60-58(59-50)36-15-5-2-6-16-36)46-22-12-24-55-57(46)49-33-39(27-30-53(49)62-55)40-21-11-23-54-56(40)48-32-38(26-29-52(48)61-54)37-25-28-45-43-19-8-7-17-41(43)42-18-9-10-20-44(42)47(45)31-37;1-6(2)8(5)7(3)4/h1-34H;1-5H2. The first kappa shape index (κ1) is 46.2. The highest BCUT2D eigenvalue weighted by Crippen LogP contribution is 3.00. The van der Waals surface area contributed by atoms with Crippen molar-refractivity contribution in [2.45, 2.75) is 0 Å². The molecule has 0 fully saturated rings. The van der Waals surface area contributed by atoms with Crippen LogP contribution in [0.4, 0.5) is 0 Å². The molecule has 5 atom stereocenters. The molecule has 0 aliphatic carbocycles. The van der Waals surface area contributed by atoms with Crippen LogP contribution in [-0.2, 0) is 0 Å². The summed E-state index contributed by atoms with van der Waals surface area (Å²) in [7, 11) is 14.4. The number of furan rings is 2. The van der Waals surface area contributed by atoms with Crippen LogP contribution >= 0.6 is 65.6 Å². The maximum Gasteiger partial charge on any atom is 0.160 e. The molecule has 0 radical (unpaired) electrons. The van der Waals surface area contributed by atoms with Crippen molar-refractivity contribution in [3.05, 3.63) is 206 Å². The number of hydrogen-bond donors (Lipinski definition) is 0. The zero-order valence-corrected chi connectivity index (χ0v) is 46.0. The van der Waals surface area contributed by atoms with Crippen molar-refractivity contribution in [2.75, 3.05) is 0 Å². The van der Waals surface area contributed by atoms with Crippen molar-refractivity contribution in [3.8, 4) is 56.2 Å².